The van der Waals surface area contributed by atoms with E-state index in [1.165, 1.54) is 58.2 Å². The second-order valence-corrected chi connectivity index (χ2v) is 9.14. The SMILES string of the molecule is CC12CCC(C1)C(C)(C)C2NCC1CCN(C2CC2)C1. The van der Waals surface area contributed by atoms with Crippen LogP contribution in [0.2, 0.25) is 0 Å². The average Bonchev–Trinajstić information content (AvgIpc) is 2.93. The number of nitrogens with one attached hydrogen (secondary N) is 1. The predicted octanol–water partition coefficient (Wildman–Crippen LogP) is 3.28. The van der Waals surface area contributed by atoms with Gasteiger partial charge in [-0.3, -0.25) is 0 Å². The average molecular weight is 276 g/mol. The second-order valence-electron chi connectivity index (χ2n) is 9.14. The molecule has 20 heavy (non-hydrogen) atoms. The van der Waals surface area contributed by atoms with Crippen LogP contribution in [0.1, 0.15) is 59.3 Å². The third kappa shape index (κ3) is 2.06. The molecule has 1 heterocycles. The van der Waals surface area contributed by atoms with Crippen molar-refractivity contribution < 1.29 is 0 Å². The van der Waals surface area contributed by atoms with E-state index in [1.54, 1.807) is 0 Å². The molecule has 114 valence electrons. The van der Waals surface area contributed by atoms with E-state index in [1.807, 2.05) is 0 Å². The highest BCUT2D eigenvalue weighted by Crippen LogP contribution is 2.62. The number of rotatable bonds is 4. The number of likely N-dealkylation sites (tertiary alicyclic amines) is 1. The van der Waals surface area contributed by atoms with Gasteiger partial charge >= 0.3 is 0 Å². The van der Waals surface area contributed by atoms with Gasteiger partial charge in [-0.1, -0.05) is 20.8 Å². The topological polar surface area (TPSA) is 15.3 Å². The van der Waals surface area contributed by atoms with Crippen molar-refractivity contribution in [3.05, 3.63) is 0 Å². The Balaban J connectivity index is 1.35. The Morgan fingerprint density at radius 3 is 2.55 bits per heavy atom. The lowest BCUT2D eigenvalue weighted by Gasteiger charge is -2.43. The molecule has 2 bridgehead atoms. The predicted molar refractivity (Wildman–Crippen MR) is 83.7 cm³/mol. The molecule has 1 aliphatic heterocycles. The third-order valence-electron chi connectivity index (χ3n) is 7.26. The van der Waals surface area contributed by atoms with Gasteiger partial charge in [0.15, 0.2) is 0 Å². The molecule has 3 aliphatic carbocycles. The highest BCUT2D eigenvalue weighted by molar-refractivity contribution is 5.12. The van der Waals surface area contributed by atoms with E-state index in [9.17, 15) is 0 Å². The quantitative estimate of drug-likeness (QED) is 0.848. The Kier molecular flexibility index (Phi) is 3.03. The summed E-state index contributed by atoms with van der Waals surface area (Å²) < 4.78 is 0. The van der Waals surface area contributed by atoms with Gasteiger partial charge < -0.3 is 10.2 Å². The fourth-order valence-electron chi connectivity index (χ4n) is 5.90. The van der Waals surface area contributed by atoms with Gasteiger partial charge in [0.05, 0.1) is 0 Å². The summed E-state index contributed by atoms with van der Waals surface area (Å²) in [5, 5.41) is 4.04. The molecule has 0 aromatic rings. The van der Waals surface area contributed by atoms with Crippen molar-refractivity contribution >= 4 is 0 Å². The molecule has 0 radical (unpaired) electrons. The molecule has 4 unspecified atom stereocenters. The second kappa shape index (κ2) is 4.46. The van der Waals surface area contributed by atoms with Crippen LogP contribution in [0.3, 0.4) is 0 Å². The summed E-state index contributed by atoms with van der Waals surface area (Å²) in [4.78, 5) is 2.75. The van der Waals surface area contributed by atoms with Gasteiger partial charge in [0.1, 0.15) is 0 Å². The highest BCUT2D eigenvalue weighted by Gasteiger charge is 2.59. The van der Waals surface area contributed by atoms with Crippen LogP contribution < -0.4 is 5.32 Å². The molecule has 4 atom stereocenters. The van der Waals surface area contributed by atoms with Gasteiger partial charge in [0.25, 0.3) is 0 Å². The molecule has 2 heteroatoms. The van der Waals surface area contributed by atoms with Crippen LogP contribution in [-0.4, -0.2) is 36.6 Å². The van der Waals surface area contributed by atoms with Gasteiger partial charge in [-0.15, -0.1) is 0 Å². The first-order valence-electron chi connectivity index (χ1n) is 8.96. The number of hydrogen-bond acceptors (Lipinski definition) is 2. The largest absolute Gasteiger partial charge is 0.313 e. The molecule has 1 N–H and O–H groups in total. The van der Waals surface area contributed by atoms with Crippen LogP contribution in [0.25, 0.3) is 0 Å². The normalized spacial score (nSPS) is 47.2. The Morgan fingerprint density at radius 2 is 1.90 bits per heavy atom. The Labute approximate surface area is 124 Å². The lowest BCUT2D eigenvalue weighted by molar-refractivity contribution is 0.105. The van der Waals surface area contributed by atoms with Gasteiger partial charge in [-0.2, -0.15) is 0 Å². The van der Waals surface area contributed by atoms with Crippen LogP contribution in [0, 0.1) is 22.7 Å². The minimum atomic E-state index is 0.516. The fraction of sp³-hybridized carbons (Fsp3) is 1.00. The van der Waals surface area contributed by atoms with Crippen molar-refractivity contribution in [2.24, 2.45) is 22.7 Å². The Hall–Kier alpha value is -0.0800. The van der Waals surface area contributed by atoms with Crippen molar-refractivity contribution in [3.8, 4) is 0 Å². The summed E-state index contributed by atoms with van der Waals surface area (Å²) in [6.07, 6.45) is 8.76. The van der Waals surface area contributed by atoms with E-state index in [-0.39, 0.29) is 0 Å². The fourth-order valence-corrected chi connectivity index (χ4v) is 5.90. The smallest absolute Gasteiger partial charge is 0.0175 e. The maximum atomic E-state index is 4.04. The summed E-state index contributed by atoms with van der Waals surface area (Å²) in [5.41, 5.74) is 1.10. The van der Waals surface area contributed by atoms with Gasteiger partial charge in [-0.05, 0) is 74.3 Å². The standard InChI is InChI=1S/C18H32N2/c1-17(2)14-6-8-18(3,10-14)16(17)19-11-13-7-9-20(12-13)15-4-5-15/h13-16,19H,4-12H2,1-3H3. The molecule has 0 aromatic heterocycles. The molecule has 0 amide bonds. The molecule has 0 aromatic carbocycles. The number of fused-ring (bicyclic) bond motifs is 2. The molecule has 4 fully saturated rings. The lowest BCUT2D eigenvalue weighted by atomic mass is 9.68. The van der Waals surface area contributed by atoms with Crippen LogP contribution >= 0.6 is 0 Å². The molecular weight excluding hydrogens is 244 g/mol. The monoisotopic (exact) mass is 276 g/mol. The summed E-state index contributed by atoms with van der Waals surface area (Å²) in [5.74, 6) is 1.88. The molecule has 0 spiro atoms. The van der Waals surface area contributed by atoms with Crippen molar-refractivity contribution in [1.82, 2.24) is 10.2 Å². The first-order valence-corrected chi connectivity index (χ1v) is 8.96. The van der Waals surface area contributed by atoms with Gasteiger partial charge in [0, 0.05) is 18.6 Å². The summed E-state index contributed by atoms with van der Waals surface area (Å²) in [6.45, 7) is 11.6. The van der Waals surface area contributed by atoms with Crippen molar-refractivity contribution in [1.29, 1.82) is 0 Å². The van der Waals surface area contributed by atoms with E-state index in [2.05, 4.69) is 31.0 Å². The van der Waals surface area contributed by atoms with Crippen LogP contribution in [0.4, 0.5) is 0 Å². The first kappa shape index (κ1) is 13.6. The molecule has 1 saturated heterocycles. The van der Waals surface area contributed by atoms with E-state index < -0.39 is 0 Å². The highest BCUT2D eigenvalue weighted by atomic mass is 15.2. The van der Waals surface area contributed by atoms with Crippen molar-refractivity contribution in [2.45, 2.75) is 71.4 Å². The third-order valence-corrected chi connectivity index (χ3v) is 7.26. The maximum Gasteiger partial charge on any atom is 0.0175 e. The minimum absolute atomic E-state index is 0.516. The lowest BCUT2D eigenvalue weighted by Crippen LogP contribution is -2.51. The summed E-state index contributed by atoms with van der Waals surface area (Å²) in [7, 11) is 0. The molecular formula is C18H32N2. The van der Waals surface area contributed by atoms with Crippen LogP contribution in [0.15, 0.2) is 0 Å². The van der Waals surface area contributed by atoms with Crippen LogP contribution in [-0.2, 0) is 0 Å². The van der Waals surface area contributed by atoms with Gasteiger partial charge in [0.2, 0.25) is 0 Å². The molecule has 4 aliphatic rings. The molecule has 3 saturated carbocycles. The maximum absolute atomic E-state index is 4.04. The number of nitrogens with zero attached hydrogens (tertiary/aromatic N) is 1. The zero-order valence-electron chi connectivity index (χ0n) is 13.6. The zero-order valence-corrected chi connectivity index (χ0v) is 13.6. The zero-order chi connectivity index (χ0) is 14.0. The first-order chi connectivity index (χ1) is 9.49. The van der Waals surface area contributed by atoms with Gasteiger partial charge in [-0.25, -0.2) is 0 Å². The van der Waals surface area contributed by atoms with E-state index in [4.69, 9.17) is 0 Å². The molecule has 4 rings (SSSR count). The van der Waals surface area contributed by atoms with Crippen molar-refractivity contribution in [3.63, 3.8) is 0 Å². The van der Waals surface area contributed by atoms with Crippen LogP contribution in [0.5, 0.6) is 0 Å². The van der Waals surface area contributed by atoms with E-state index in [0.717, 1.165) is 23.9 Å². The molecule has 2 nitrogen and oxygen atoms in total. The van der Waals surface area contributed by atoms with Crippen molar-refractivity contribution in [2.75, 3.05) is 19.6 Å². The number of hydrogen-bond donors (Lipinski definition) is 1. The minimum Gasteiger partial charge on any atom is -0.313 e. The Bertz CT molecular complexity index is 382. The summed E-state index contributed by atoms with van der Waals surface area (Å²) in [6, 6.07) is 1.72. The van der Waals surface area contributed by atoms with E-state index in [0.29, 0.717) is 10.8 Å². The Morgan fingerprint density at radius 1 is 1.10 bits per heavy atom. The van der Waals surface area contributed by atoms with E-state index >= 15 is 0 Å². The summed E-state index contributed by atoms with van der Waals surface area (Å²) >= 11 is 0.